The van der Waals surface area contributed by atoms with E-state index in [0.29, 0.717) is 23.4 Å². The number of aromatic nitrogens is 1. The molecule has 24 heavy (non-hydrogen) atoms. The quantitative estimate of drug-likeness (QED) is 0.875. The van der Waals surface area contributed by atoms with Crippen molar-refractivity contribution in [1.82, 2.24) is 15.2 Å². The molecule has 1 aromatic heterocycles. The largest absolute Gasteiger partial charge is 0.365 e. The van der Waals surface area contributed by atoms with Gasteiger partial charge in [0, 0.05) is 19.6 Å². The Bertz CT molecular complexity index is 673. The highest BCUT2D eigenvalue weighted by atomic mass is 32.1. The van der Waals surface area contributed by atoms with Crippen LogP contribution in [0.4, 0.5) is 5.13 Å². The Labute approximate surface area is 147 Å². The molecule has 1 aromatic carbocycles. The number of thiazole rings is 1. The summed E-state index contributed by atoms with van der Waals surface area (Å²) in [6.07, 6.45) is 3.94. The summed E-state index contributed by atoms with van der Waals surface area (Å²) in [6, 6.07) is 10.9. The number of hydrogen-bond acceptors (Lipinski definition) is 5. The number of carbonyl (C=O) groups excluding carboxylic acids is 1. The Morgan fingerprint density at radius 2 is 2.17 bits per heavy atom. The van der Waals surface area contributed by atoms with E-state index in [0.717, 1.165) is 18.1 Å². The minimum atomic E-state index is -0.0333. The van der Waals surface area contributed by atoms with Crippen LogP contribution in [0.2, 0.25) is 0 Å². The number of nitrogens with zero attached hydrogens (tertiary/aromatic N) is 2. The third kappa shape index (κ3) is 3.76. The zero-order valence-corrected chi connectivity index (χ0v) is 15.0. The second-order valence-corrected chi connectivity index (χ2v) is 7.26. The van der Waals surface area contributed by atoms with Crippen molar-refractivity contribution in [2.24, 2.45) is 5.92 Å². The van der Waals surface area contributed by atoms with Crippen LogP contribution >= 0.6 is 11.3 Å². The van der Waals surface area contributed by atoms with Gasteiger partial charge >= 0.3 is 0 Å². The lowest BCUT2D eigenvalue weighted by Crippen LogP contribution is -2.41. The maximum Gasteiger partial charge on any atom is 0.263 e. The van der Waals surface area contributed by atoms with Gasteiger partial charge in [-0.05, 0) is 37.9 Å². The van der Waals surface area contributed by atoms with Crippen LogP contribution in [0.15, 0.2) is 36.5 Å². The fourth-order valence-corrected chi connectivity index (χ4v) is 4.14. The van der Waals surface area contributed by atoms with E-state index in [2.05, 4.69) is 51.8 Å². The Kier molecular flexibility index (Phi) is 5.48. The maximum absolute atomic E-state index is 12.4. The molecule has 1 aliphatic rings. The second kappa shape index (κ2) is 7.77. The maximum atomic E-state index is 12.4. The monoisotopic (exact) mass is 344 g/mol. The molecule has 2 N–H and O–H groups in total. The van der Waals surface area contributed by atoms with Crippen molar-refractivity contribution in [2.75, 3.05) is 32.5 Å². The zero-order chi connectivity index (χ0) is 16.9. The van der Waals surface area contributed by atoms with Crippen LogP contribution in [0.3, 0.4) is 0 Å². The summed E-state index contributed by atoms with van der Waals surface area (Å²) in [5.74, 6) is 0.390. The predicted molar refractivity (Wildman–Crippen MR) is 98.5 cm³/mol. The standard InChI is InChI=1S/C18H24N4OS/c1-19-18-21-12-15(24-18)17(23)20-11-14-9-6-10-22(2)16(14)13-7-4-3-5-8-13/h3-5,7-8,12,14,16H,6,9-11H2,1-2H3,(H,19,21)(H,20,23). The van der Waals surface area contributed by atoms with E-state index in [4.69, 9.17) is 0 Å². The van der Waals surface area contributed by atoms with Gasteiger partial charge in [-0.25, -0.2) is 4.98 Å². The molecule has 2 atom stereocenters. The first kappa shape index (κ1) is 16.9. The normalized spacial score (nSPS) is 21.4. The van der Waals surface area contributed by atoms with Crippen molar-refractivity contribution in [3.63, 3.8) is 0 Å². The van der Waals surface area contributed by atoms with Crippen molar-refractivity contribution in [3.05, 3.63) is 47.0 Å². The number of rotatable bonds is 5. The van der Waals surface area contributed by atoms with Gasteiger partial charge in [0.15, 0.2) is 5.13 Å². The summed E-state index contributed by atoms with van der Waals surface area (Å²) in [6.45, 7) is 1.79. The van der Waals surface area contributed by atoms with E-state index in [1.165, 1.54) is 23.3 Å². The summed E-state index contributed by atoms with van der Waals surface area (Å²) >= 11 is 1.38. The number of carbonyl (C=O) groups is 1. The van der Waals surface area contributed by atoms with Gasteiger partial charge in [-0.2, -0.15) is 0 Å². The fourth-order valence-electron chi connectivity index (χ4n) is 3.46. The molecule has 6 heteroatoms. The van der Waals surface area contributed by atoms with Gasteiger partial charge in [0.25, 0.3) is 5.91 Å². The molecule has 2 heterocycles. The van der Waals surface area contributed by atoms with Crippen LogP contribution < -0.4 is 10.6 Å². The van der Waals surface area contributed by atoms with E-state index in [-0.39, 0.29) is 5.91 Å². The van der Waals surface area contributed by atoms with E-state index in [1.807, 2.05) is 13.1 Å². The lowest BCUT2D eigenvalue weighted by Gasteiger charge is -2.39. The van der Waals surface area contributed by atoms with Crippen molar-refractivity contribution >= 4 is 22.4 Å². The van der Waals surface area contributed by atoms with Crippen LogP contribution in [0.25, 0.3) is 0 Å². The first-order valence-electron chi connectivity index (χ1n) is 8.36. The van der Waals surface area contributed by atoms with Gasteiger partial charge in [-0.15, -0.1) is 0 Å². The number of hydrogen-bond donors (Lipinski definition) is 2. The van der Waals surface area contributed by atoms with Gasteiger partial charge in [0.05, 0.1) is 6.20 Å². The molecule has 0 spiro atoms. The minimum Gasteiger partial charge on any atom is -0.365 e. The van der Waals surface area contributed by atoms with Crippen LogP contribution in [-0.4, -0.2) is 43.0 Å². The molecule has 3 rings (SSSR count). The Morgan fingerprint density at radius 3 is 2.88 bits per heavy atom. The van der Waals surface area contributed by atoms with Crippen LogP contribution in [0.1, 0.15) is 34.1 Å². The van der Waals surface area contributed by atoms with Gasteiger partial charge in [-0.1, -0.05) is 41.7 Å². The minimum absolute atomic E-state index is 0.0333. The molecule has 1 amide bonds. The number of anilines is 1. The predicted octanol–water partition coefficient (Wildman–Crippen LogP) is 3.00. The van der Waals surface area contributed by atoms with Crippen molar-refractivity contribution < 1.29 is 4.79 Å². The number of likely N-dealkylation sites (tertiary alicyclic amines) is 1. The molecule has 2 unspecified atom stereocenters. The SMILES string of the molecule is CNc1ncc(C(=O)NCC2CCCN(C)C2c2ccccc2)s1. The molecule has 1 saturated heterocycles. The van der Waals surface area contributed by atoms with E-state index in [9.17, 15) is 4.79 Å². The summed E-state index contributed by atoms with van der Waals surface area (Å²) in [4.78, 5) is 19.6. The smallest absolute Gasteiger partial charge is 0.263 e. The average molecular weight is 344 g/mol. The molecule has 5 nitrogen and oxygen atoms in total. The van der Waals surface area contributed by atoms with E-state index >= 15 is 0 Å². The lowest BCUT2D eigenvalue weighted by molar-refractivity contribution is 0.0895. The number of piperidine rings is 1. The molecular weight excluding hydrogens is 320 g/mol. The molecule has 1 fully saturated rings. The van der Waals surface area contributed by atoms with E-state index in [1.54, 1.807) is 6.20 Å². The van der Waals surface area contributed by atoms with Crippen LogP contribution in [0.5, 0.6) is 0 Å². The third-order valence-corrected chi connectivity index (χ3v) is 5.63. The van der Waals surface area contributed by atoms with Gasteiger partial charge in [-0.3, -0.25) is 9.69 Å². The Morgan fingerprint density at radius 1 is 1.38 bits per heavy atom. The summed E-state index contributed by atoms with van der Waals surface area (Å²) in [5, 5.41) is 6.83. The molecule has 128 valence electrons. The summed E-state index contributed by atoms with van der Waals surface area (Å²) < 4.78 is 0. The highest BCUT2D eigenvalue weighted by Gasteiger charge is 2.30. The van der Waals surface area contributed by atoms with Crippen molar-refractivity contribution in [2.45, 2.75) is 18.9 Å². The fraction of sp³-hybridized carbons (Fsp3) is 0.444. The van der Waals surface area contributed by atoms with Crippen LogP contribution in [-0.2, 0) is 0 Å². The number of nitrogens with one attached hydrogen (secondary N) is 2. The number of benzene rings is 1. The molecule has 0 radical (unpaired) electrons. The summed E-state index contributed by atoms with van der Waals surface area (Å²) in [7, 11) is 3.98. The molecule has 0 saturated carbocycles. The van der Waals surface area contributed by atoms with Crippen molar-refractivity contribution in [3.8, 4) is 0 Å². The Balaban J connectivity index is 1.67. The second-order valence-electron chi connectivity index (χ2n) is 6.23. The average Bonchev–Trinajstić information content (AvgIpc) is 3.10. The number of amides is 1. The van der Waals surface area contributed by atoms with Crippen molar-refractivity contribution in [1.29, 1.82) is 0 Å². The molecule has 2 aromatic rings. The highest BCUT2D eigenvalue weighted by Crippen LogP contribution is 2.34. The van der Waals surface area contributed by atoms with E-state index < -0.39 is 0 Å². The summed E-state index contributed by atoms with van der Waals surface area (Å²) in [5.41, 5.74) is 1.33. The van der Waals surface area contributed by atoms with Crippen LogP contribution in [0, 0.1) is 5.92 Å². The lowest BCUT2D eigenvalue weighted by atomic mass is 9.85. The first-order valence-corrected chi connectivity index (χ1v) is 9.17. The highest BCUT2D eigenvalue weighted by molar-refractivity contribution is 7.17. The topological polar surface area (TPSA) is 57.3 Å². The Hall–Kier alpha value is -1.92. The molecule has 0 aliphatic carbocycles. The zero-order valence-electron chi connectivity index (χ0n) is 14.2. The van der Waals surface area contributed by atoms with Gasteiger partial charge in [0.2, 0.25) is 0 Å². The molecular formula is C18H24N4OS. The van der Waals surface area contributed by atoms with Gasteiger partial charge < -0.3 is 10.6 Å². The third-order valence-electron chi connectivity index (χ3n) is 4.62. The van der Waals surface area contributed by atoms with Gasteiger partial charge in [0.1, 0.15) is 4.88 Å². The molecule has 1 aliphatic heterocycles. The first-order chi connectivity index (χ1) is 11.7. The molecule has 0 bridgehead atoms.